The fraction of sp³-hybridized carbons (Fsp3) is 0.0814. The molecule has 19 rings (SSSR count). The van der Waals surface area contributed by atoms with Gasteiger partial charge in [-0.05, 0) is 153 Å². The van der Waals surface area contributed by atoms with Gasteiger partial charge in [-0.25, -0.2) is 24.9 Å². The van der Waals surface area contributed by atoms with Crippen LogP contribution in [0.15, 0.2) is 291 Å². The summed E-state index contributed by atoms with van der Waals surface area (Å²) in [6.07, 6.45) is 0. The topological polar surface area (TPSA) is 75.9 Å². The molecule has 95 heavy (non-hydrogen) atoms. The molecule has 0 saturated heterocycles. The Hall–Kier alpha value is -11.8. The first-order valence-corrected chi connectivity index (χ1v) is 32.8. The summed E-state index contributed by atoms with van der Waals surface area (Å²) in [4.78, 5) is 32.0. The van der Waals surface area contributed by atoms with Gasteiger partial charge < -0.3 is 14.4 Å². The fourth-order valence-electron chi connectivity index (χ4n) is 15.0. The largest absolute Gasteiger partial charge is 0.311 e. The minimum atomic E-state index is -0.441. The van der Waals surface area contributed by atoms with Gasteiger partial charge in [0.25, 0.3) is 6.71 Å². The van der Waals surface area contributed by atoms with E-state index in [1.807, 2.05) is 36.4 Å². The third kappa shape index (κ3) is 9.16. The van der Waals surface area contributed by atoms with E-state index in [1.54, 1.807) is 0 Å². The average molecular weight is 1220 g/mol. The van der Waals surface area contributed by atoms with Crippen molar-refractivity contribution < 1.29 is 0 Å². The third-order valence-electron chi connectivity index (χ3n) is 19.8. The Morgan fingerprint density at radius 1 is 0.337 bits per heavy atom. The van der Waals surface area contributed by atoms with Gasteiger partial charge in [-0.1, -0.05) is 223 Å². The SMILES string of the molecule is CC(C)(C)c1ccc2c(c1)c1cc3ccc1n2-c1ccc(-c2nc(-c4ccccc4)nc(-c4ccccc4)n2)cc1-c1nc(-c2cccc(-c4ccc(N5c6ccccc6B6c7ccccc7N(c7ccccc7)c7cccc5c76)cc4)c2)cc(n1)-c1ccccc1C3(C)C. The molecule has 15 aromatic rings. The van der Waals surface area contributed by atoms with Crippen LogP contribution in [-0.2, 0) is 10.8 Å². The fourth-order valence-corrected chi connectivity index (χ4v) is 15.0. The molecule has 0 unspecified atom stereocenters. The van der Waals surface area contributed by atoms with Crippen molar-refractivity contribution in [3.05, 3.63) is 308 Å². The van der Waals surface area contributed by atoms with Crippen LogP contribution in [0, 0.1) is 0 Å². The quantitative estimate of drug-likeness (QED) is 0.147. The van der Waals surface area contributed by atoms with Crippen molar-refractivity contribution in [3.63, 3.8) is 0 Å². The lowest BCUT2D eigenvalue weighted by molar-refractivity contribution is 0.591. The summed E-state index contributed by atoms with van der Waals surface area (Å²) >= 11 is 0. The summed E-state index contributed by atoms with van der Waals surface area (Å²) in [5, 5.41) is 2.38. The van der Waals surface area contributed by atoms with Crippen molar-refractivity contribution in [2.24, 2.45) is 0 Å². The molecular weight excluding hydrogens is 1160 g/mol. The molecule has 9 heteroatoms. The molecule has 0 saturated carbocycles. The molecule has 0 atom stereocenters. The van der Waals surface area contributed by atoms with Crippen molar-refractivity contribution in [2.75, 3.05) is 9.80 Å². The molecule has 0 radical (unpaired) electrons. The minimum absolute atomic E-state index is 0.0664. The molecule has 0 aliphatic carbocycles. The smallest absolute Gasteiger partial charge is 0.252 e. The Bertz CT molecular complexity index is 5520. The lowest BCUT2D eigenvalue weighted by atomic mass is 9.33. The molecule has 7 heterocycles. The van der Waals surface area contributed by atoms with Crippen molar-refractivity contribution in [1.29, 1.82) is 0 Å². The number of nitrogens with zero attached hydrogens (tertiary/aromatic N) is 8. The number of fused-ring (bicyclic) bond motifs is 6. The second-order valence-electron chi connectivity index (χ2n) is 26.8. The first kappa shape index (κ1) is 56.0. The van der Waals surface area contributed by atoms with E-state index < -0.39 is 5.41 Å². The van der Waals surface area contributed by atoms with Crippen LogP contribution in [-0.4, -0.2) is 36.2 Å². The molecule has 450 valence electrons. The summed E-state index contributed by atoms with van der Waals surface area (Å²) in [6, 6.07) is 105. The number of hydrogen-bond acceptors (Lipinski definition) is 7. The summed E-state index contributed by atoms with van der Waals surface area (Å²) in [5.41, 5.74) is 26.4. The molecule has 0 fully saturated rings. The minimum Gasteiger partial charge on any atom is -0.311 e. The summed E-state index contributed by atoms with van der Waals surface area (Å²) in [7, 11) is 0. The van der Waals surface area contributed by atoms with Crippen LogP contribution >= 0.6 is 0 Å². The van der Waals surface area contributed by atoms with Gasteiger partial charge in [0.15, 0.2) is 23.3 Å². The summed E-state index contributed by atoms with van der Waals surface area (Å²) in [6.45, 7) is 11.6. The Balaban J connectivity index is 0.814. The van der Waals surface area contributed by atoms with E-state index in [4.69, 9.17) is 24.9 Å². The second kappa shape index (κ2) is 21.7. The van der Waals surface area contributed by atoms with Crippen molar-refractivity contribution in [2.45, 2.75) is 45.4 Å². The van der Waals surface area contributed by atoms with E-state index >= 15 is 0 Å². The molecule has 8 nitrogen and oxygen atoms in total. The van der Waals surface area contributed by atoms with Gasteiger partial charge in [0.05, 0.1) is 28.1 Å². The standard InChI is InChI=1S/C86H63BN8/c1-85(2,3)60-42-47-73-65(51-60)66-52-61-43-48-74(66)95(73)75-46-41-59(83-91-81(55-23-9-6-10-24-55)90-82(92-83)56-25-11-7-12-26-56)50-67(75)84-88-71(53-72(89-84)64-31-15-16-32-68(64)86(61,4)5)58-28-21-27-57(49-58)54-39-44-63(45-40-54)94-77-36-20-18-34-70(77)87-69-33-17-19-35-76(69)93(62-29-13-8-14-30-62)78-37-22-38-79(94)80(78)87/h6-53H,1-5H3. The van der Waals surface area contributed by atoms with Crippen LogP contribution in [0.25, 0.3) is 107 Å². The number of hydrogen-bond donors (Lipinski definition) is 0. The van der Waals surface area contributed by atoms with Gasteiger partial charge in [-0.15, -0.1) is 0 Å². The van der Waals surface area contributed by atoms with Crippen LogP contribution in [0.1, 0.15) is 51.3 Å². The van der Waals surface area contributed by atoms with Gasteiger partial charge in [0, 0.05) is 83.7 Å². The third-order valence-corrected chi connectivity index (χ3v) is 19.8. The van der Waals surface area contributed by atoms with Crippen molar-refractivity contribution in [3.8, 4) is 84.9 Å². The maximum Gasteiger partial charge on any atom is 0.252 e. The van der Waals surface area contributed by atoms with Crippen LogP contribution < -0.4 is 26.2 Å². The Kier molecular flexibility index (Phi) is 12.8. The molecule has 0 spiro atoms. The van der Waals surface area contributed by atoms with Crippen LogP contribution in [0.3, 0.4) is 0 Å². The molecular formula is C86H63BN8. The molecule has 4 aliphatic rings. The summed E-state index contributed by atoms with van der Waals surface area (Å²) in [5.74, 6) is 2.31. The zero-order valence-corrected chi connectivity index (χ0v) is 53.4. The van der Waals surface area contributed by atoms with Gasteiger partial charge in [0.1, 0.15) is 0 Å². The van der Waals surface area contributed by atoms with E-state index in [-0.39, 0.29) is 12.1 Å². The molecule has 3 aromatic heterocycles. The van der Waals surface area contributed by atoms with Crippen LogP contribution in [0.4, 0.5) is 34.1 Å². The number of aromatic nitrogens is 6. The Morgan fingerprint density at radius 2 is 0.853 bits per heavy atom. The zero-order chi connectivity index (χ0) is 63.7. The lowest BCUT2D eigenvalue weighted by Gasteiger charge is -2.44. The van der Waals surface area contributed by atoms with E-state index in [2.05, 4.69) is 304 Å². The highest BCUT2D eigenvalue weighted by molar-refractivity contribution is 7.00. The normalized spacial score (nSPS) is 13.3. The molecule has 0 N–H and O–H groups in total. The van der Waals surface area contributed by atoms with E-state index in [1.165, 1.54) is 66.6 Å². The van der Waals surface area contributed by atoms with Crippen LogP contribution in [0.5, 0.6) is 0 Å². The predicted molar refractivity (Wildman–Crippen MR) is 393 cm³/mol. The Labute approximate surface area is 553 Å². The molecule has 0 amide bonds. The zero-order valence-electron chi connectivity index (χ0n) is 53.4. The average Bonchev–Trinajstić information content (AvgIpc) is 1.51. The first-order valence-electron chi connectivity index (χ1n) is 32.8. The van der Waals surface area contributed by atoms with Crippen LogP contribution in [0.2, 0.25) is 0 Å². The predicted octanol–water partition coefficient (Wildman–Crippen LogP) is 19.4. The molecule has 6 bridgehead atoms. The lowest BCUT2D eigenvalue weighted by Crippen LogP contribution is -2.61. The monoisotopic (exact) mass is 1220 g/mol. The first-order chi connectivity index (χ1) is 46.5. The van der Waals surface area contributed by atoms with E-state index in [9.17, 15) is 0 Å². The summed E-state index contributed by atoms with van der Waals surface area (Å²) < 4.78 is 2.42. The Morgan fingerprint density at radius 3 is 1.52 bits per heavy atom. The molecule has 4 aliphatic heterocycles. The second-order valence-corrected chi connectivity index (χ2v) is 26.8. The van der Waals surface area contributed by atoms with E-state index in [0.29, 0.717) is 23.3 Å². The van der Waals surface area contributed by atoms with E-state index in [0.717, 1.165) is 84.0 Å². The van der Waals surface area contributed by atoms with Crippen molar-refractivity contribution >= 4 is 79.0 Å². The molecule has 12 aromatic carbocycles. The maximum atomic E-state index is 5.75. The van der Waals surface area contributed by atoms with Gasteiger partial charge in [-0.3, -0.25) is 0 Å². The maximum absolute atomic E-state index is 5.75. The van der Waals surface area contributed by atoms with Crippen molar-refractivity contribution in [1.82, 2.24) is 29.5 Å². The number of para-hydroxylation sites is 3. The van der Waals surface area contributed by atoms with Gasteiger partial charge in [0.2, 0.25) is 0 Å². The number of rotatable bonds is 7. The number of anilines is 6. The van der Waals surface area contributed by atoms with Gasteiger partial charge >= 0.3 is 0 Å². The highest BCUT2D eigenvalue weighted by atomic mass is 15.2. The highest BCUT2D eigenvalue weighted by Crippen LogP contribution is 2.48. The highest BCUT2D eigenvalue weighted by Gasteiger charge is 2.43. The number of benzene rings is 12. The van der Waals surface area contributed by atoms with Gasteiger partial charge in [-0.2, -0.15) is 0 Å².